The molecule has 0 spiro atoms. The van der Waals surface area contributed by atoms with Crippen molar-refractivity contribution in [2.45, 2.75) is 77.6 Å². The van der Waals surface area contributed by atoms with Gasteiger partial charge >= 0.3 is 6.09 Å². The van der Waals surface area contributed by atoms with Gasteiger partial charge in [0.25, 0.3) is 0 Å². The van der Waals surface area contributed by atoms with Gasteiger partial charge in [0.15, 0.2) is 0 Å². The number of thiophene rings is 1. The number of ether oxygens (including phenoxy) is 1. The predicted molar refractivity (Wildman–Crippen MR) is 91.3 cm³/mol. The zero-order chi connectivity index (χ0) is 16.2. The van der Waals surface area contributed by atoms with E-state index in [9.17, 15) is 4.79 Å². The second-order valence-corrected chi connectivity index (χ2v) is 7.90. The number of hydrogen-bond donors (Lipinski definition) is 2. The van der Waals surface area contributed by atoms with Crippen LogP contribution in [0.4, 0.5) is 4.79 Å². The van der Waals surface area contributed by atoms with Crippen LogP contribution in [0, 0.1) is 6.92 Å². The molecule has 0 atom stereocenters. The van der Waals surface area contributed by atoms with Gasteiger partial charge in [0.05, 0.1) is 0 Å². The van der Waals surface area contributed by atoms with Gasteiger partial charge in [-0.05, 0) is 75.3 Å². The van der Waals surface area contributed by atoms with Gasteiger partial charge in [0.2, 0.25) is 0 Å². The topological polar surface area (TPSA) is 50.4 Å². The lowest BCUT2D eigenvalue weighted by atomic mass is 9.91. The molecule has 1 saturated carbocycles. The van der Waals surface area contributed by atoms with E-state index in [0.717, 1.165) is 32.2 Å². The highest BCUT2D eigenvalue weighted by atomic mass is 32.1. The van der Waals surface area contributed by atoms with Crippen LogP contribution in [0.1, 0.15) is 57.6 Å². The molecule has 1 aliphatic rings. The molecule has 4 nitrogen and oxygen atoms in total. The van der Waals surface area contributed by atoms with Crippen molar-refractivity contribution in [2.75, 3.05) is 0 Å². The van der Waals surface area contributed by atoms with E-state index in [1.54, 1.807) is 11.3 Å². The van der Waals surface area contributed by atoms with Crippen molar-refractivity contribution in [2.24, 2.45) is 0 Å². The third kappa shape index (κ3) is 5.61. The van der Waals surface area contributed by atoms with Crippen LogP contribution in [-0.4, -0.2) is 23.8 Å². The molecule has 1 aliphatic carbocycles. The van der Waals surface area contributed by atoms with Crippen LogP contribution in [0.2, 0.25) is 0 Å². The summed E-state index contributed by atoms with van der Waals surface area (Å²) in [6.45, 7) is 8.78. The van der Waals surface area contributed by atoms with E-state index < -0.39 is 5.60 Å². The Balaban J connectivity index is 1.67. The molecule has 1 heterocycles. The minimum Gasteiger partial charge on any atom is -0.444 e. The number of carbonyl (C=O) groups is 1. The van der Waals surface area contributed by atoms with Crippen LogP contribution in [0.3, 0.4) is 0 Å². The molecule has 0 bridgehead atoms. The van der Waals surface area contributed by atoms with Crippen LogP contribution in [-0.2, 0) is 11.3 Å². The number of nitrogens with one attached hydrogen (secondary N) is 2. The van der Waals surface area contributed by atoms with E-state index in [2.05, 4.69) is 28.3 Å². The number of hydrogen-bond acceptors (Lipinski definition) is 4. The van der Waals surface area contributed by atoms with Crippen molar-refractivity contribution in [1.82, 2.24) is 10.6 Å². The van der Waals surface area contributed by atoms with Crippen molar-refractivity contribution in [1.29, 1.82) is 0 Å². The van der Waals surface area contributed by atoms with E-state index in [1.165, 1.54) is 11.1 Å². The summed E-state index contributed by atoms with van der Waals surface area (Å²) in [7, 11) is 0. The number of aryl methyl sites for hydroxylation is 1. The van der Waals surface area contributed by atoms with Gasteiger partial charge in [-0.1, -0.05) is 0 Å². The lowest BCUT2D eigenvalue weighted by Gasteiger charge is -2.30. The molecule has 0 saturated heterocycles. The molecule has 2 rings (SSSR count). The monoisotopic (exact) mass is 324 g/mol. The van der Waals surface area contributed by atoms with E-state index >= 15 is 0 Å². The number of alkyl carbamates (subject to hydrolysis) is 1. The number of rotatable bonds is 4. The molecule has 2 N–H and O–H groups in total. The van der Waals surface area contributed by atoms with Gasteiger partial charge in [-0.25, -0.2) is 4.79 Å². The fourth-order valence-electron chi connectivity index (χ4n) is 2.74. The normalized spacial score (nSPS) is 22.4. The molecule has 5 heteroatoms. The third-order valence-electron chi connectivity index (χ3n) is 3.99. The van der Waals surface area contributed by atoms with E-state index in [4.69, 9.17) is 4.74 Å². The zero-order valence-electron chi connectivity index (χ0n) is 14.1. The zero-order valence-corrected chi connectivity index (χ0v) is 14.9. The first-order valence-corrected chi connectivity index (χ1v) is 9.02. The smallest absolute Gasteiger partial charge is 0.407 e. The summed E-state index contributed by atoms with van der Waals surface area (Å²) in [5, 5.41) is 11.0. The maximum absolute atomic E-state index is 11.8. The molecule has 124 valence electrons. The van der Waals surface area contributed by atoms with Gasteiger partial charge in [-0.3, -0.25) is 0 Å². The lowest BCUT2D eigenvalue weighted by molar-refractivity contribution is 0.0489. The van der Waals surface area contributed by atoms with E-state index in [0.29, 0.717) is 6.04 Å². The quantitative estimate of drug-likeness (QED) is 0.880. The Morgan fingerprint density at radius 1 is 1.23 bits per heavy atom. The Labute approximate surface area is 137 Å². The van der Waals surface area contributed by atoms with E-state index in [-0.39, 0.29) is 12.1 Å². The average molecular weight is 324 g/mol. The van der Waals surface area contributed by atoms with Crippen molar-refractivity contribution in [3.63, 3.8) is 0 Å². The van der Waals surface area contributed by atoms with Crippen molar-refractivity contribution >= 4 is 17.4 Å². The largest absolute Gasteiger partial charge is 0.444 e. The van der Waals surface area contributed by atoms with Crippen molar-refractivity contribution < 1.29 is 9.53 Å². The molecule has 1 fully saturated rings. The summed E-state index contributed by atoms with van der Waals surface area (Å²) in [6.07, 6.45) is 3.93. The van der Waals surface area contributed by atoms with E-state index in [1.807, 2.05) is 20.8 Å². The minimum atomic E-state index is -0.429. The van der Waals surface area contributed by atoms with Gasteiger partial charge in [-0.2, -0.15) is 11.3 Å². The fraction of sp³-hybridized carbons (Fsp3) is 0.706. The van der Waals surface area contributed by atoms with Crippen molar-refractivity contribution in [3.8, 4) is 0 Å². The molecule has 0 aromatic carbocycles. The highest BCUT2D eigenvalue weighted by Gasteiger charge is 2.24. The summed E-state index contributed by atoms with van der Waals surface area (Å²) in [4.78, 5) is 11.8. The number of carbonyl (C=O) groups excluding carboxylic acids is 1. The van der Waals surface area contributed by atoms with Gasteiger partial charge < -0.3 is 15.4 Å². The highest BCUT2D eigenvalue weighted by molar-refractivity contribution is 7.08. The molecule has 1 aromatic rings. The SMILES string of the molecule is Cc1cscc1CNC1CCC(NC(=O)OC(C)(C)C)CC1. The second-order valence-electron chi connectivity index (χ2n) is 7.16. The second kappa shape index (κ2) is 7.47. The summed E-state index contributed by atoms with van der Waals surface area (Å²) in [5.74, 6) is 0. The maximum Gasteiger partial charge on any atom is 0.407 e. The Morgan fingerprint density at radius 2 is 1.86 bits per heavy atom. The summed E-state index contributed by atoms with van der Waals surface area (Å²) in [5.41, 5.74) is 2.35. The molecular weight excluding hydrogens is 296 g/mol. The van der Waals surface area contributed by atoms with Gasteiger partial charge in [0, 0.05) is 18.6 Å². The molecule has 22 heavy (non-hydrogen) atoms. The van der Waals surface area contributed by atoms with Crippen LogP contribution >= 0.6 is 11.3 Å². The third-order valence-corrected chi connectivity index (χ3v) is 4.90. The highest BCUT2D eigenvalue weighted by Crippen LogP contribution is 2.21. The Hall–Kier alpha value is -1.07. The Morgan fingerprint density at radius 3 is 2.41 bits per heavy atom. The maximum atomic E-state index is 11.8. The minimum absolute atomic E-state index is 0.246. The first kappa shape index (κ1) is 17.3. The molecule has 0 aliphatic heterocycles. The fourth-order valence-corrected chi connectivity index (χ4v) is 3.60. The van der Waals surface area contributed by atoms with Crippen LogP contribution < -0.4 is 10.6 Å². The Kier molecular flexibility index (Phi) is 5.87. The average Bonchev–Trinajstić information content (AvgIpc) is 2.81. The molecule has 1 aromatic heterocycles. The Bertz CT molecular complexity index is 485. The van der Waals surface area contributed by atoms with Gasteiger partial charge in [-0.15, -0.1) is 0 Å². The first-order valence-electron chi connectivity index (χ1n) is 8.08. The van der Waals surface area contributed by atoms with Crippen LogP contribution in [0.5, 0.6) is 0 Å². The number of amides is 1. The van der Waals surface area contributed by atoms with Crippen molar-refractivity contribution in [3.05, 3.63) is 21.9 Å². The summed E-state index contributed by atoms with van der Waals surface area (Å²) >= 11 is 1.76. The van der Waals surface area contributed by atoms with Gasteiger partial charge in [0.1, 0.15) is 5.60 Å². The van der Waals surface area contributed by atoms with Crippen LogP contribution in [0.15, 0.2) is 10.8 Å². The molecule has 0 unspecified atom stereocenters. The summed E-state index contributed by atoms with van der Waals surface area (Å²) < 4.78 is 5.31. The lowest BCUT2D eigenvalue weighted by Crippen LogP contribution is -2.43. The first-order chi connectivity index (χ1) is 10.3. The molecular formula is C17H28N2O2S. The van der Waals surface area contributed by atoms with Crippen LogP contribution in [0.25, 0.3) is 0 Å². The molecule has 1 amide bonds. The summed E-state index contributed by atoms with van der Waals surface area (Å²) in [6, 6.07) is 0.798. The molecule has 0 radical (unpaired) electrons. The predicted octanol–water partition coefficient (Wildman–Crippen LogP) is 3.98. The standard InChI is InChI=1S/C17H28N2O2S/c1-12-10-22-11-13(12)9-18-14-5-7-15(8-6-14)19-16(20)21-17(2,3)4/h10-11,14-15,18H,5-9H2,1-4H3,(H,19,20).